The van der Waals surface area contributed by atoms with Crippen LogP contribution in [-0.2, 0) is 9.53 Å². The number of carbonyl (C=O) groups excluding carboxylic acids is 2. The van der Waals surface area contributed by atoms with E-state index in [4.69, 9.17) is 0 Å². The summed E-state index contributed by atoms with van der Waals surface area (Å²) in [6, 6.07) is 3.42. The third-order valence-electron chi connectivity index (χ3n) is 2.93. The topological polar surface area (TPSA) is 62.7 Å². The van der Waals surface area contributed by atoms with Gasteiger partial charge in [-0.25, -0.2) is 4.98 Å². The summed E-state index contributed by atoms with van der Waals surface area (Å²) in [7, 11) is 5.07. The van der Waals surface area contributed by atoms with E-state index < -0.39 is 0 Å². The van der Waals surface area contributed by atoms with Crippen molar-refractivity contribution in [1.29, 1.82) is 0 Å². The van der Waals surface area contributed by atoms with Crippen molar-refractivity contribution in [3.63, 3.8) is 0 Å². The van der Waals surface area contributed by atoms with Crippen molar-refractivity contribution >= 4 is 17.7 Å². The van der Waals surface area contributed by atoms with Crippen LogP contribution < -0.4 is 4.90 Å². The smallest absolute Gasteiger partial charge is 0.307 e. The molecule has 6 nitrogen and oxygen atoms in total. The lowest BCUT2D eigenvalue weighted by Gasteiger charge is -2.21. The van der Waals surface area contributed by atoms with E-state index in [2.05, 4.69) is 9.72 Å². The van der Waals surface area contributed by atoms with Gasteiger partial charge in [0.2, 0.25) is 0 Å². The summed E-state index contributed by atoms with van der Waals surface area (Å²) in [6.07, 6.45) is 1.80. The summed E-state index contributed by atoms with van der Waals surface area (Å²) < 4.78 is 4.59. The molecule has 0 fully saturated rings. The highest BCUT2D eigenvalue weighted by Crippen LogP contribution is 2.12. The van der Waals surface area contributed by atoms with E-state index in [1.807, 2.05) is 25.9 Å². The second kappa shape index (κ2) is 7.47. The standard InChI is InChI=1S/C14H21N3O3/c1-5-17(9-7-13(18)20-4)14(19)11-6-8-15-12(10-11)16(2)3/h6,8,10H,5,7,9H2,1-4H3. The van der Waals surface area contributed by atoms with E-state index in [1.165, 1.54) is 7.11 Å². The maximum Gasteiger partial charge on any atom is 0.307 e. The van der Waals surface area contributed by atoms with Crippen molar-refractivity contribution in [2.24, 2.45) is 0 Å². The predicted molar refractivity (Wildman–Crippen MR) is 76.8 cm³/mol. The van der Waals surface area contributed by atoms with E-state index in [0.717, 1.165) is 5.82 Å². The molecule has 1 aromatic rings. The Bertz CT molecular complexity index is 474. The van der Waals surface area contributed by atoms with Crippen LogP contribution in [0.25, 0.3) is 0 Å². The fourth-order valence-electron chi connectivity index (χ4n) is 1.71. The molecule has 1 heterocycles. The molecule has 0 spiro atoms. The highest BCUT2D eigenvalue weighted by Gasteiger charge is 2.16. The average Bonchev–Trinajstić information content (AvgIpc) is 2.47. The molecule has 0 aliphatic rings. The van der Waals surface area contributed by atoms with Crippen molar-refractivity contribution < 1.29 is 14.3 Å². The number of rotatable bonds is 6. The average molecular weight is 279 g/mol. The number of hydrogen-bond acceptors (Lipinski definition) is 5. The fourth-order valence-corrected chi connectivity index (χ4v) is 1.71. The number of nitrogens with zero attached hydrogens (tertiary/aromatic N) is 3. The lowest BCUT2D eigenvalue weighted by molar-refractivity contribution is -0.140. The summed E-state index contributed by atoms with van der Waals surface area (Å²) in [6.45, 7) is 2.76. The number of esters is 1. The molecule has 0 unspecified atom stereocenters. The number of anilines is 1. The van der Waals surface area contributed by atoms with Gasteiger partial charge in [0.15, 0.2) is 0 Å². The highest BCUT2D eigenvalue weighted by atomic mass is 16.5. The van der Waals surface area contributed by atoms with Gasteiger partial charge in [-0.1, -0.05) is 0 Å². The molecule has 20 heavy (non-hydrogen) atoms. The molecule has 0 radical (unpaired) electrons. The molecule has 0 aliphatic carbocycles. The number of methoxy groups -OCH3 is 1. The van der Waals surface area contributed by atoms with Crippen molar-refractivity contribution in [3.8, 4) is 0 Å². The molecular weight excluding hydrogens is 258 g/mol. The Morgan fingerprint density at radius 3 is 2.60 bits per heavy atom. The summed E-state index contributed by atoms with van der Waals surface area (Å²) >= 11 is 0. The van der Waals surface area contributed by atoms with Crippen LogP contribution in [0.5, 0.6) is 0 Å². The first-order chi connectivity index (χ1) is 9.49. The lowest BCUT2D eigenvalue weighted by Crippen LogP contribution is -2.33. The molecule has 0 saturated heterocycles. The number of hydrogen-bond donors (Lipinski definition) is 0. The van der Waals surface area contributed by atoms with E-state index in [1.54, 1.807) is 23.2 Å². The minimum atomic E-state index is -0.319. The predicted octanol–water partition coefficient (Wildman–Crippen LogP) is 1.17. The van der Waals surface area contributed by atoms with Crippen LogP contribution in [0.2, 0.25) is 0 Å². The van der Waals surface area contributed by atoms with Gasteiger partial charge in [-0.2, -0.15) is 0 Å². The molecular formula is C14H21N3O3. The minimum absolute atomic E-state index is 0.109. The van der Waals surface area contributed by atoms with Gasteiger partial charge >= 0.3 is 5.97 Å². The first kappa shape index (κ1) is 15.9. The van der Waals surface area contributed by atoms with E-state index in [-0.39, 0.29) is 18.3 Å². The van der Waals surface area contributed by atoms with E-state index in [0.29, 0.717) is 18.7 Å². The zero-order valence-corrected chi connectivity index (χ0v) is 12.4. The van der Waals surface area contributed by atoms with Gasteiger partial charge in [-0.05, 0) is 19.1 Å². The van der Waals surface area contributed by atoms with Crippen LogP contribution in [0.3, 0.4) is 0 Å². The number of carbonyl (C=O) groups is 2. The van der Waals surface area contributed by atoms with Crippen LogP contribution in [0, 0.1) is 0 Å². The molecule has 0 N–H and O–H groups in total. The molecule has 0 atom stereocenters. The Labute approximate surface area is 119 Å². The van der Waals surface area contributed by atoms with Gasteiger partial charge in [0.1, 0.15) is 5.82 Å². The largest absolute Gasteiger partial charge is 0.469 e. The van der Waals surface area contributed by atoms with Gasteiger partial charge in [0, 0.05) is 38.9 Å². The molecule has 1 rings (SSSR count). The van der Waals surface area contributed by atoms with Gasteiger partial charge in [-0.15, -0.1) is 0 Å². The van der Waals surface area contributed by atoms with Crippen molar-refractivity contribution in [3.05, 3.63) is 23.9 Å². The van der Waals surface area contributed by atoms with Gasteiger partial charge in [-0.3, -0.25) is 9.59 Å². The Morgan fingerprint density at radius 2 is 2.05 bits per heavy atom. The molecule has 1 amide bonds. The van der Waals surface area contributed by atoms with Crippen molar-refractivity contribution in [2.45, 2.75) is 13.3 Å². The molecule has 1 aromatic heterocycles. The van der Waals surface area contributed by atoms with Crippen LogP contribution in [0.15, 0.2) is 18.3 Å². The number of amides is 1. The second-order valence-electron chi connectivity index (χ2n) is 4.51. The second-order valence-corrected chi connectivity index (χ2v) is 4.51. The van der Waals surface area contributed by atoms with Gasteiger partial charge in [0.05, 0.1) is 13.5 Å². The Hall–Kier alpha value is -2.11. The lowest BCUT2D eigenvalue weighted by atomic mass is 10.2. The molecule has 0 aromatic carbocycles. The normalized spacial score (nSPS) is 10.0. The van der Waals surface area contributed by atoms with Crippen molar-refractivity contribution in [1.82, 2.24) is 9.88 Å². The summed E-state index contributed by atoms with van der Waals surface area (Å²) in [5, 5.41) is 0. The number of pyridine rings is 1. The summed E-state index contributed by atoms with van der Waals surface area (Å²) in [5.74, 6) is 0.293. The molecule has 0 aliphatic heterocycles. The first-order valence-corrected chi connectivity index (χ1v) is 6.49. The first-order valence-electron chi connectivity index (χ1n) is 6.49. The van der Waals surface area contributed by atoms with E-state index in [9.17, 15) is 9.59 Å². The molecule has 0 saturated carbocycles. The zero-order valence-electron chi connectivity index (χ0n) is 12.4. The summed E-state index contributed by atoms with van der Waals surface area (Å²) in [4.78, 5) is 31.2. The van der Waals surface area contributed by atoms with Crippen LogP contribution in [0.1, 0.15) is 23.7 Å². The third kappa shape index (κ3) is 4.22. The Kier molecular flexibility index (Phi) is 5.96. The van der Waals surface area contributed by atoms with Gasteiger partial charge in [0.25, 0.3) is 5.91 Å². The van der Waals surface area contributed by atoms with Crippen LogP contribution in [-0.4, -0.2) is 56.1 Å². The maximum absolute atomic E-state index is 12.4. The van der Waals surface area contributed by atoms with Crippen LogP contribution >= 0.6 is 0 Å². The SMILES string of the molecule is CCN(CCC(=O)OC)C(=O)c1ccnc(N(C)C)c1. The zero-order chi connectivity index (χ0) is 15.1. The van der Waals surface area contributed by atoms with Crippen LogP contribution in [0.4, 0.5) is 5.82 Å². The number of aromatic nitrogens is 1. The Balaban J connectivity index is 2.80. The molecule has 110 valence electrons. The fraction of sp³-hybridized carbons (Fsp3) is 0.500. The van der Waals surface area contributed by atoms with Gasteiger partial charge < -0.3 is 14.5 Å². The Morgan fingerprint density at radius 1 is 1.35 bits per heavy atom. The third-order valence-corrected chi connectivity index (χ3v) is 2.93. The quantitative estimate of drug-likeness (QED) is 0.732. The number of ether oxygens (including phenoxy) is 1. The summed E-state index contributed by atoms with van der Waals surface area (Å²) in [5.41, 5.74) is 0.565. The van der Waals surface area contributed by atoms with E-state index >= 15 is 0 Å². The monoisotopic (exact) mass is 279 g/mol. The maximum atomic E-state index is 12.4. The molecule has 0 bridgehead atoms. The highest BCUT2D eigenvalue weighted by molar-refractivity contribution is 5.95. The molecule has 6 heteroatoms. The minimum Gasteiger partial charge on any atom is -0.469 e. The van der Waals surface area contributed by atoms with Crippen molar-refractivity contribution in [2.75, 3.05) is 39.2 Å².